The SMILES string of the molecule is CCc1ncnc(Oc2ccc(OC)cc2N)c1F. The molecule has 0 bridgehead atoms. The molecule has 6 heteroatoms. The zero-order chi connectivity index (χ0) is 13.8. The minimum absolute atomic E-state index is 0.135. The second-order valence-electron chi connectivity index (χ2n) is 3.80. The van der Waals surface area contributed by atoms with Crippen LogP contribution in [0.3, 0.4) is 0 Å². The van der Waals surface area contributed by atoms with Gasteiger partial charge in [0.05, 0.1) is 18.5 Å². The molecule has 0 aliphatic rings. The molecule has 0 saturated carbocycles. The van der Waals surface area contributed by atoms with Gasteiger partial charge in [-0.15, -0.1) is 0 Å². The van der Waals surface area contributed by atoms with Gasteiger partial charge in [0, 0.05) is 6.07 Å². The summed E-state index contributed by atoms with van der Waals surface area (Å²) < 4.78 is 24.3. The van der Waals surface area contributed by atoms with Crippen LogP contribution in [0.1, 0.15) is 12.6 Å². The fraction of sp³-hybridized carbons (Fsp3) is 0.231. The van der Waals surface area contributed by atoms with Gasteiger partial charge < -0.3 is 15.2 Å². The number of hydrogen-bond donors (Lipinski definition) is 1. The predicted molar refractivity (Wildman–Crippen MR) is 68.8 cm³/mol. The summed E-state index contributed by atoms with van der Waals surface area (Å²) >= 11 is 0. The largest absolute Gasteiger partial charge is 0.497 e. The highest BCUT2D eigenvalue weighted by Gasteiger charge is 2.13. The number of aryl methyl sites for hydroxylation is 1. The Labute approximate surface area is 110 Å². The van der Waals surface area contributed by atoms with E-state index in [1.54, 1.807) is 25.1 Å². The Morgan fingerprint density at radius 1 is 1.32 bits per heavy atom. The molecule has 2 aromatic rings. The summed E-state index contributed by atoms with van der Waals surface area (Å²) in [6, 6.07) is 4.86. The minimum atomic E-state index is -0.569. The van der Waals surface area contributed by atoms with Crippen molar-refractivity contribution in [3.63, 3.8) is 0 Å². The Hall–Kier alpha value is -2.37. The zero-order valence-corrected chi connectivity index (χ0v) is 10.7. The van der Waals surface area contributed by atoms with Crippen molar-refractivity contribution in [3.05, 3.63) is 36.0 Å². The number of rotatable bonds is 4. The van der Waals surface area contributed by atoms with Crippen molar-refractivity contribution in [3.8, 4) is 17.4 Å². The number of halogens is 1. The lowest BCUT2D eigenvalue weighted by Crippen LogP contribution is -2.01. The van der Waals surface area contributed by atoms with Crippen molar-refractivity contribution in [2.45, 2.75) is 13.3 Å². The van der Waals surface area contributed by atoms with E-state index in [1.165, 1.54) is 13.4 Å². The van der Waals surface area contributed by atoms with Gasteiger partial charge in [-0.3, -0.25) is 0 Å². The molecule has 0 spiro atoms. The summed E-state index contributed by atoms with van der Waals surface area (Å²) in [4.78, 5) is 7.60. The molecule has 0 unspecified atom stereocenters. The third-order valence-corrected chi connectivity index (χ3v) is 2.59. The Kier molecular flexibility index (Phi) is 3.79. The molecule has 1 aromatic heterocycles. The Balaban J connectivity index is 2.31. The molecule has 0 aliphatic carbocycles. The van der Waals surface area contributed by atoms with Crippen LogP contribution in [0.4, 0.5) is 10.1 Å². The molecule has 0 radical (unpaired) electrons. The maximum absolute atomic E-state index is 13.9. The Morgan fingerprint density at radius 2 is 2.11 bits per heavy atom. The van der Waals surface area contributed by atoms with Crippen molar-refractivity contribution >= 4 is 5.69 Å². The maximum Gasteiger partial charge on any atom is 0.259 e. The number of nitrogens with zero attached hydrogens (tertiary/aromatic N) is 2. The normalized spacial score (nSPS) is 10.3. The number of aromatic nitrogens is 2. The van der Waals surface area contributed by atoms with Gasteiger partial charge in [0.1, 0.15) is 12.1 Å². The van der Waals surface area contributed by atoms with Crippen LogP contribution in [0.25, 0.3) is 0 Å². The molecule has 0 aliphatic heterocycles. The molecule has 100 valence electrons. The molecule has 2 rings (SSSR count). The van der Waals surface area contributed by atoms with Crippen molar-refractivity contribution < 1.29 is 13.9 Å². The standard InChI is InChI=1S/C13H14FN3O2/c1-3-10-12(14)13(17-7-16-10)19-11-5-4-8(18-2)6-9(11)15/h4-7H,3,15H2,1-2H3. The van der Waals surface area contributed by atoms with E-state index >= 15 is 0 Å². The second-order valence-corrected chi connectivity index (χ2v) is 3.80. The molecule has 2 N–H and O–H groups in total. The number of nitrogen functional groups attached to an aromatic ring is 1. The zero-order valence-electron chi connectivity index (χ0n) is 10.7. The topological polar surface area (TPSA) is 70.3 Å². The number of anilines is 1. The fourth-order valence-corrected chi connectivity index (χ4v) is 1.56. The van der Waals surface area contributed by atoms with Gasteiger partial charge in [0.15, 0.2) is 5.75 Å². The lowest BCUT2D eigenvalue weighted by molar-refractivity contribution is 0.406. The van der Waals surface area contributed by atoms with Gasteiger partial charge in [-0.25, -0.2) is 4.98 Å². The average molecular weight is 263 g/mol. The van der Waals surface area contributed by atoms with E-state index < -0.39 is 5.82 Å². The van der Waals surface area contributed by atoms with Crippen LogP contribution in [0.5, 0.6) is 17.4 Å². The first-order valence-electron chi connectivity index (χ1n) is 5.76. The molecule has 5 nitrogen and oxygen atoms in total. The van der Waals surface area contributed by atoms with Crippen LogP contribution < -0.4 is 15.2 Å². The van der Waals surface area contributed by atoms with E-state index in [2.05, 4.69) is 9.97 Å². The van der Waals surface area contributed by atoms with Crippen LogP contribution in [-0.2, 0) is 6.42 Å². The Morgan fingerprint density at radius 3 is 2.74 bits per heavy atom. The molecule has 0 amide bonds. The summed E-state index contributed by atoms with van der Waals surface area (Å²) in [7, 11) is 1.53. The predicted octanol–water partition coefficient (Wildman–Crippen LogP) is 2.56. The smallest absolute Gasteiger partial charge is 0.259 e. The number of hydrogen-bond acceptors (Lipinski definition) is 5. The monoisotopic (exact) mass is 263 g/mol. The van der Waals surface area contributed by atoms with Crippen molar-refractivity contribution in [1.29, 1.82) is 0 Å². The summed E-state index contributed by atoms with van der Waals surface area (Å²) in [5.41, 5.74) is 6.44. The molecule has 1 aromatic carbocycles. The highest BCUT2D eigenvalue weighted by molar-refractivity contribution is 5.57. The molecule has 0 atom stereocenters. The van der Waals surface area contributed by atoms with Crippen molar-refractivity contribution in [1.82, 2.24) is 9.97 Å². The summed E-state index contributed by atoms with van der Waals surface area (Å²) in [6.45, 7) is 1.80. The quantitative estimate of drug-likeness (QED) is 0.858. The maximum atomic E-state index is 13.9. The summed E-state index contributed by atoms with van der Waals surface area (Å²) in [5, 5.41) is 0. The van der Waals surface area contributed by atoms with Crippen LogP contribution in [-0.4, -0.2) is 17.1 Å². The van der Waals surface area contributed by atoms with Gasteiger partial charge in [-0.2, -0.15) is 9.37 Å². The number of ether oxygens (including phenoxy) is 2. The second kappa shape index (κ2) is 5.51. The van der Waals surface area contributed by atoms with E-state index in [0.29, 0.717) is 29.3 Å². The molecular weight excluding hydrogens is 249 g/mol. The van der Waals surface area contributed by atoms with Crippen molar-refractivity contribution in [2.24, 2.45) is 0 Å². The van der Waals surface area contributed by atoms with Crippen LogP contribution in [0.2, 0.25) is 0 Å². The molecule has 1 heterocycles. The van der Waals surface area contributed by atoms with Gasteiger partial charge in [-0.05, 0) is 18.6 Å². The highest BCUT2D eigenvalue weighted by atomic mass is 19.1. The third-order valence-electron chi connectivity index (χ3n) is 2.59. The van der Waals surface area contributed by atoms with Gasteiger partial charge in [-0.1, -0.05) is 6.92 Å². The van der Waals surface area contributed by atoms with Crippen LogP contribution in [0.15, 0.2) is 24.5 Å². The van der Waals surface area contributed by atoms with Crippen molar-refractivity contribution in [2.75, 3.05) is 12.8 Å². The minimum Gasteiger partial charge on any atom is -0.497 e. The van der Waals surface area contributed by atoms with E-state index in [0.717, 1.165) is 0 Å². The van der Waals surface area contributed by atoms with Gasteiger partial charge >= 0.3 is 0 Å². The van der Waals surface area contributed by atoms with Crippen LogP contribution in [0, 0.1) is 5.82 Å². The van der Waals surface area contributed by atoms with E-state index in [-0.39, 0.29) is 5.88 Å². The Bertz CT molecular complexity index is 590. The number of nitrogens with two attached hydrogens (primary N) is 1. The number of benzene rings is 1. The third kappa shape index (κ3) is 2.73. The summed E-state index contributed by atoms with van der Waals surface area (Å²) in [6.07, 6.45) is 1.72. The average Bonchev–Trinajstić information content (AvgIpc) is 2.43. The first kappa shape index (κ1) is 13.1. The van der Waals surface area contributed by atoms with Crippen LogP contribution >= 0.6 is 0 Å². The van der Waals surface area contributed by atoms with E-state index in [4.69, 9.17) is 15.2 Å². The molecule has 0 fully saturated rings. The van der Waals surface area contributed by atoms with E-state index in [1.807, 2.05) is 0 Å². The fourth-order valence-electron chi connectivity index (χ4n) is 1.56. The molecule has 19 heavy (non-hydrogen) atoms. The highest BCUT2D eigenvalue weighted by Crippen LogP contribution is 2.31. The van der Waals surface area contributed by atoms with Gasteiger partial charge in [0.2, 0.25) is 5.82 Å². The summed E-state index contributed by atoms with van der Waals surface area (Å²) in [5.74, 6) is 0.214. The first-order chi connectivity index (χ1) is 9.15. The molecule has 0 saturated heterocycles. The van der Waals surface area contributed by atoms with E-state index in [9.17, 15) is 4.39 Å². The number of methoxy groups -OCH3 is 1. The first-order valence-corrected chi connectivity index (χ1v) is 5.76. The molecular formula is C13H14FN3O2. The van der Waals surface area contributed by atoms with Gasteiger partial charge in [0.25, 0.3) is 5.88 Å². The lowest BCUT2D eigenvalue weighted by Gasteiger charge is -2.10. The lowest BCUT2D eigenvalue weighted by atomic mass is 10.3.